The number of hydrogen-bond acceptors (Lipinski definition) is 2. The highest BCUT2D eigenvalue weighted by Gasteiger charge is 2.04. The summed E-state index contributed by atoms with van der Waals surface area (Å²) >= 11 is 0. The molecule has 4 heteroatoms. The molecule has 0 aromatic heterocycles. The van der Waals surface area contributed by atoms with Crippen LogP contribution in [0, 0.1) is 13.8 Å². The highest BCUT2D eigenvalue weighted by molar-refractivity contribution is 5.95. The summed E-state index contributed by atoms with van der Waals surface area (Å²) in [4.78, 5) is 23.1. The van der Waals surface area contributed by atoms with Gasteiger partial charge in [0.15, 0.2) is 5.78 Å². The fraction of sp³-hybridized carbons (Fsp3) is 0.222. The zero-order chi connectivity index (χ0) is 16.1. The molecule has 0 aliphatic carbocycles. The first-order chi connectivity index (χ1) is 10.5. The van der Waals surface area contributed by atoms with Crippen LogP contribution < -0.4 is 10.6 Å². The van der Waals surface area contributed by atoms with Crippen molar-refractivity contribution in [1.82, 2.24) is 5.32 Å². The van der Waals surface area contributed by atoms with E-state index in [0.717, 1.165) is 11.1 Å². The molecule has 4 nitrogen and oxygen atoms in total. The number of aryl methyl sites for hydroxylation is 2. The van der Waals surface area contributed by atoms with Crippen molar-refractivity contribution in [2.45, 2.75) is 27.3 Å². The van der Waals surface area contributed by atoms with Crippen LogP contribution in [0.2, 0.25) is 0 Å². The molecule has 0 aliphatic rings. The monoisotopic (exact) mass is 296 g/mol. The number of hydrogen-bond donors (Lipinski definition) is 2. The number of urea groups is 1. The first-order valence-electron chi connectivity index (χ1n) is 7.17. The van der Waals surface area contributed by atoms with Crippen LogP contribution in [0.3, 0.4) is 0 Å². The third kappa shape index (κ3) is 4.19. The van der Waals surface area contributed by atoms with Gasteiger partial charge in [-0.1, -0.05) is 23.8 Å². The first kappa shape index (κ1) is 15.8. The van der Waals surface area contributed by atoms with Crippen LogP contribution in [0.5, 0.6) is 0 Å². The molecule has 0 saturated heterocycles. The van der Waals surface area contributed by atoms with Gasteiger partial charge in [0.25, 0.3) is 0 Å². The molecule has 2 amide bonds. The summed E-state index contributed by atoms with van der Waals surface area (Å²) in [5.41, 5.74) is 4.74. The van der Waals surface area contributed by atoms with E-state index < -0.39 is 0 Å². The lowest BCUT2D eigenvalue weighted by Gasteiger charge is -2.10. The molecule has 2 aromatic rings. The Labute approximate surface area is 130 Å². The fourth-order valence-electron chi connectivity index (χ4n) is 2.18. The summed E-state index contributed by atoms with van der Waals surface area (Å²) in [7, 11) is 0. The summed E-state index contributed by atoms with van der Waals surface area (Å²) in [6.07, 6.45) is 0. The summed E-state index contributed by atoms with van der Waals surface area (Å²) in [6.45, 7) is 6.06. The highest BCUT2D eigenvalue weighted by Crippen LogP contribution is 2.11. The number of benzene rings is 2. The Morgan fingerprint density at radius 1 is 1.00 bits per heavy atom. The van der Waals surface area contributed by atoms with Crippen LogP contribution in [-0.4, -0.2) is 11.8 Å². The molecule has 0 atom stereocenters. The number of rotatable bonds is 4. The molecule has 114 valence electrons. The van der Waals surface area contributed by atoms with Crippen molar-refractivity contribution < 1.29 is 9.59 Å². The number of anilines is 1. The minimum atomic E-state index is -0.268. The number of Topliss-reactive ketones (excluding diaryl/α,β-unsaturated/α-hetero) is 1. The van der Waals surface area contributed by atoms with Crippen LogP contribution in [0.4, 0.5) is 10.5 Å². The standard InChI is InChI=1S/C18H20N2O2/c1-12-4-5-16(13(2)10-12)11-19-18(22)20-17-8-6-15(7-9-17)14(3)21/h4-10H,11H2,1-3H3,(H2,19,20,22). The molecule has 22 heavy (non-hydrogen) atoms. The predicted octanol–water partition coefficient (Wildman–Crippen LogP) is 3.83. The van der Waals surface area contributed by atoms with Gasteiger partial charge < -0.3 is 10.6 Å². The molecule has 0 heterocycles. The lowest BCUT2D eigenvalue weighted by molar-refractivity contribution is 0.101. The van der Waals surface area contributed by atoms with Crippen molar-refractivity contribution in [3.05, 3.63) is 64.7 Å². The molecule has 2 aromatic carbocycles. The van der Waals surface area contributed by atoms with Crippen molar-refractivity contribution in [2.75, 3.05) is 5.32 Å². The van der Waals surface area contributed by atoms with E-state index in [4.69, 9.17) is 0 Å². The normalized spacial score (nSPS) is 10.1. The fourth-order valence-corrected chi connectivity index (χ4v) is 2.18. The molecule has 0 spiro atoms. The van der Waals surface area contributed by atoms with Crippen LogP contribution in [0.1, 0.15) is 34.0 Å². The molecule has 0 saturated carbocycles. The Kier molecular flexibility index (Phi) is 4.94. The third-order valence-corrected chi connectivity index (χ3v) is 3.49. The average molecular weight is 296 g/mol. The van der Waals surface area contributed by atoms with Crippen molar-refractivity contribution in [1.29, 1.82) is 0 Å². The van der Waals surface area contributed by atoms with Gasteiger partial charge in [-0.25, -0.2) is 4.79 Å². The molecular weight excluding hydrogens is 276 g/mol. The molecule has 0 unspecified atom stereocenters. The number of carbonyl (C=O) groups excluding carboxylic acids is 2. The number of nitrogens with one attached hydrogen (secondary N) is 2. The second-order valence-corrected chi connectivity index (χ2v) is 5.37. The number of amides is 2. The molecule has 0 aliphatic heterocycles. The Bertz CT molecular complexity index is 691. The van der Waals surface area contributed by atoms with Crippen molar-refractivity contribution in [2.24, 2.45) is 0 Å². The lowest BCUT2D eigenvalue weighted by Crippen LogP contribution is -2.28. The molecular formula is C18H20N2O2. The van der Waals surface area contributed by atoms with Crippen LogP contribution in [0.25, 0.3) is 0 Å². The second kappa shape index (κ2) is 6.89. The smallest absolute Gasteiger partial charge is 0.319 e. The zero-order valence-corrected chi connectivity index (χ0v) is 13.1. The zero-order valence-electron chi connectivity index (χ0n) is 13.1. The average Bonchev–Trinajstić information content (AvgIpc) is 2.47. The van der Waals surface area contributed by atoms with Gasteiger partial charge in [0, 0.05) is 17.8 Å². The topological polar surface area (TPSA) is 58.2 Å². The van der Waals surface area contributed by atoms with Crippen molar-refractivity contribution >= 4 is 17.5 Å². The molecule has 0 fully saturated rings. The van der Waals surface area contributed by atoms with Gasteiger partial charge in [0.1, 0.15) is 0 Å². The van der Waals surface area contributed by atoms with Crippen LogP contribution in [-0.2, 0) is 6.54 Å². The van der Waals surface area contributed by atoms with Crippen LogP contribution in [0.15, 0.2) is 42.5 Å². The van der Waals surface area contributed by atoms with E-state index in [9.17, 15) is 9.59 Å². The largest absolute Gasteiger partial charge is 0.334 e. The van der Waals surface area contributed by atoms with E-state index in [1.165, 1.54) is 12.5 Å². The maximum Gasteiger partial charge on any atom is 0.319 e. The maximum absolute atomic E-state index is 11.9. The summed E-state index contributed by atoms with van der Waals surface area (Å²) in [5.74, 6) is 0.00541. The molecule has 0 radical (unpaired) electrons. The van der Waals surface area contributed by atoms with Gasteiger partial charge in [0.2, 0.25) is 0 Å². The SMILES string of the molecule is CC(=O)c1ccc(NC(=O)NCc2ccc(C)cc2C)cc1. The minimum absolute atomic E-state index is 0.00541. The van der Waals surface area contributed by atoms with E-state index in [1.54, 1.807) is 24.3 Å². The Morgan fingerprint density at radius 2 is 1.68 bits per heavy atom. The minimum Gasteiger partial charge on any atom is -0.334 e. The van der Waals surface area contributed by atoms with E-state index >= 15 is 0 Å². The van der Waals surface area contributed by atoms with E-state index in [-0.39, 0.29) is 11.8 Å². The van der Waals surface area contributed by atoms with Crippen LogP contribution >= 0.6 is 0 Å². The molecule has 2 rings (SSSR count). The number of carbonyl (C=O) groups is 2. The van der Waals surface area contributed by atoms with Gasteiger partial charge in [-0.2, -0.15) is 0 Å². The highest BCUT2D eigenvalue weighted by atomic mass is 16.2. The van der Waals surface area contributed by atoms with E-state index in [2.05, 4.69) is 16.7 Å². The van der Waals surface area contributed by atoms with Gasteiger partial charge >= 0.3 is 6.03 Å². The van der Waals surface area contributed by atoms with E-state index in [1.807, 2.05) is 26.0 Å². The van der Waals surface area contributed by atoms with Gasteiger partial charge in [-0.15, -0.1) is 0 Å². The van der Waals surface area contributed by atoms with Gasteiger partial charge in [-0.05, 0) is 56.2 Å². The molecule has 0 bridgehead atoms. The Morgan fingerprint density at radius 3 is 2.27 bits per heavy atom. The Balaban J connectivity index is 1.91. The second-order valence-electron chi connectivity index (χ2n) is 5.37. The summed E-state index contributed by atoms with van der Waals surface area (Å²) in [5, 5.41) is 5.58. The lowest BCUT2D eigenvalue weighted by atomic mass is 10.1. The summed E-state index contributed by atoms with van der Waals surface area (Å²) < 4.78 is 0. The van der Waals surface area contributed by atoms with Gasteiger partial charge in [-0.3, -0.25) is 4.79 Å². The van der Waals surface area contributed by atoms with E-state index in [0.29, 0.717) is 17.8 Å². The van der Waals surface area contributed by atoms with Crippen molar-refractivity contribution in [3.63, 3.8) is 0 Å². The Hall–Kier alpha value is -2.62. The molecule has 2 N–H and O–H groups in total. The summed E-state index contributed by atoms with van der Waals surface area (Å²) in [6, 6.07) is 12.7. The predicted molar refractivity (Wildman–Crippen MR) is 88.2 cm³/mol. The van der Waals surface area contributed by atoms with Crippen molar-refractivity contribution in [3.8, 4) is 0 Å². The third-order valence-electron chi connectivity index (χ3n) is 3.49. The number of ketones is 1. The first-order valence-corrected chi connectivity index (χ1v) is 7.17. The quantitative estimate of drug-likeness (QED) is 0.842. The van der Waals surface area contributed by atoms with Gasteiger partial charge in [0.05, 0.1) is 0 Å². The maximum atomic E-state index is 11.9.